The topological polar surface area (TPSA) is 41.6 Å². The molecule has 4 nitrogen and oxygen atoms in total. The summed E-state index contributed by atoms with van der Waals surface area (Å²) in [6.07, 6.45) is 5.60. The maximum atomic E-state index is 11.8. The predicted octanol–water partition coefficient (Wildman–Crippen LogP) is 3.83. The van der Waals surface area contributed by atoms with Gasteiger partial charge in [0.1, 0.15) is 5.60 Å². The van der Waals surface area contributed by atoms with Crippen LogP contribution in [0.2, 0.25) is 0 Å². The minimum atomic E-state index is -0.424. The lowest BCUT2D eigenvalue weighted by Crippen LogP contribution is -2.36. The highest BCUT2D eigenvalue weighted by Crippen LogP contribution is 2.27. The standard InChI is InChI=1S/C18H34N2O2/c1-14-10-15(2)12-16(11-14)13-19-8-7-9-20(6)17(21)22-18(3,4)5/h10,14,16,19H,7-9,11-13H2,1-6H3. The fourth-order valence-corrected chi connectivity index (χ4v) is 3.02. The summed E-state index contributed by atoms with van der Waals surface area (Å²) in [7, 11) is 1.80. The van der Waals surface area contributed by atoms with Crippen LogP contribution in [0.4, 0.5) is 4.79 Å². The molecule has 128 valence electrons. The lowest BCUT2D eigenvalue weighted by atomic mass is 9.84. The summed E-state index contributed by atoms with van der Waals surface area (Å²) in [6.45, 7) is 12.9. The average molecular weight is 310 g/mol. The fourth-order valence-electron chi connectivity index (χ4n) is 3.02. The van der Waals surface area contributed by atoms with Gasteiger partial charge in [0.15, 0.2) is 0 Å². The zero-order valence-corrected chi connectivity index (χ0v) is 15.2. The third-order valence-electron chi connectivity index (χ3n) is 3.87. The van der Waals surface area contributed by atoms with Gasteiger partial charge in [-0.2, -0.15) is 0 Å². The van der Waals surface area contributed by atoms with Crippen LogP contribution in [0.15, 0.2) is 11.6 Å². The van der Waals surface area contributed by atoms with Crippen molar-refractivity contribution in [2.24, 2.45) is 11.8 Å². The van der Waals surface area contributed by atoms with Crippen molar-refractivity contribution >= 4 is 6.09 Å². The van der Waals surface area contributed by atoms with Crippen molar-refractivity contribution in [3.05, 3.63) is 11.6 Å². The van der Waals surface area contributed by atoms with Crippen molar-refractivity contribution < 1.29 is 9.53 Å². The van der Waals surface area contributed by atoms with Crippen LogP contribution < -0.4 is 5.32 Å². The van der Waals surface area contributed by atoms with E-state index in [2.05, 4.69) is 25.2 Å². The second-order valence-electron chi connectivity index (χ2n) is 7.76. The van der Waals surface area contributed by atoms with Crippen LogP contribution in [0, 0.1) is 11.8 Å². The first-order valence-electron chi connectivity index (χ1n) is 8.49. The van der Waals surface area contributed by atoms with Crippen molar-refractivity contribution in [1.82, 2.24) is 10.2 Å². The predicted molar refractivity (Wildman–Crippen MR) is 92.0 cm³/mol. The zero-order valence-electron chi connectivity index (χ0n) is 15.2. The minimum absolute atomic E-state index is 0.241. The molecule has 1 N–H and O–H groups in total. The van der Waals surface area contributed by atoms with Gasteiger partial charge in [0.25, 0.3) is 0 Å². The normalized spacial score (nSPS) is 22.2. The molecule has 0 heterocycles. The molecule has 0 saturated heterocycles. The van der Waals surface area contributed by atoms with Crippen molar-refractivity contribution in [2.45, 2.75) is 59.5 Å². The Kier molecular flexibility index (Phi) is 7.40. The Morgan fingerprint density at radius 3 is 2.73 bits per heavy atom. The number of ether oxygens (including phenoxy) is 1. The number of nitrogens with zero attached hydrogens (tertiary/aromatic N) is 1. The van der Waals surface area contributed by atoms with Gasteiger partial charge >= 0.3 is 6.09 Å². The van der Waals surface area contributed by atoms with Gasteiger partial charge in [-0.05, 0) is 71.9 Å². The van der Waals surface area contributed by atoms with Gasteiger partial charge in [0, 0.05) is 13.6 Å². The van der Waals surface area contributed by atoms with E-state index >= 15 is 0 Å². The fraction of sp³-hybridized carbons (Fsp3) is 0.833. The van der Waals surface area contributed by atoms with E-state index in [0.29, 0.717) is 5.92 Å². The molecule has 1 amide bonds. The number of hydrogen-bond acceptors (Lipinski definition) is 3. The first kappa shape index (κ1) is 19.0. The molecule has 0 fully saturated rings. The van der Waals surface area contributed by atoms with Crippen molar-refractivity contribution in [3.63, 3.8) is 0 Å². The van der Waals surface area contributed by atoms with Gasteiger partial charge in [-0.1, -0.05) is 18.6 Å². The van der Waals surface area contributed by atoms with E-state index in [9.17, 15) is 4.79 Å². The maximum absolute atomic E-state index is 11.8. The number of hydrogen-bond donors (Lipinski definition) is 1. The largest absolute Gasteiger partial charge is 0.444 e. The SMILES string of the molecule is CC1=CC(C)CC(CNCCCN(C)C(=O)OC(C)(C)C)C1. The number of rotatable bonds is 6. The van der Waals surface area contributed by atoms with Crippen LogP contribution in [0.3, 0.4) is 0 Å². The average Bonchev–Trinajstić information content (AvgIpc) is 2.34. The first-order chi connectivity index (χ1) is 10.2. The van der Waals surface area contributed by atoms with E-state index in [1.54, 1.807) is 11.9 Å². The van der Waals surface area contributed by atoms with Crippen molar-refractivity contribution in [3.8, 4) is 0 Å². The van der Waals surface area contributed by atoms with Gasteiger partial charge in [-0.15, -0.1) is 0 Å². The molecule has 1 aliphatic carbocycles. The molecule has 2 atom stereocenters. The third-order valence-corrected chi connectivity index (χ3v) is 3.87. The molecule has 1 rings (SSSR count). The molecule has 0 aromatic rings. The number of amides is 1. The lowest BCUT2D eigenvalue weighted by Gasteiger charge is -2.26. The summed E-state index contributed by atoms with van der Waals surface area (Å²) in [4.78, 5) is 13.5. The molecule has 0 radical (unpaired) electrons. The Labute approximate surface area is 136 Å². The van der Waals surface area contributed by atoms with Gasteiger partial charge < -0.3 is 15.0 Å². The van der Waals surface area contributed by atoms with Crippen LogP contribution in [-0.2, 0) is 4.74 Å². The molecule has 0 saturated carbocycles. The molecule has 0 aromatic carbocycles. The molecule has 2 unspecified atom stereocenters. The Bertz CT molecular complexity index is 385. The molecule has 4 heteroatoms. The molecule has 0 spiro atoms. The van der Waals surface area contributed by atoms with E-state index in [-0.39, 0.29) is 6.09 Å². The number of allylic oxidation sites excluding steroid dienone is 2. The van der Waals surface area contributed by atoms with E-state index in [1.165, 1.54) is 18.4 Å². The monoisotopic (exact) mass is 310 g/mol. The zero-order chi connectivity index (χ0) is 16.8. The Hall–Kier alpha value is -1.03. The van der Waals surface area contributed by atoms with Gasteiger partial charge in [0.2, 0.25) is 0 Å². The second kappa shape index (κ2) is 8.56. The number of carbonyl (C=O) groups excluding carboxylic acids is 1. The molecule has 0 aliphatic heterocycles. The first-order valence-corrected chi connectivity index (χ1v) is 8.49. The maximum Gasteiger partial charge on any atom is 0.410 e. The second-order valence-corrected chi connectivity index (χ2v) is 7.76. The summed E-state index contributed by atoms with van der Waals surface area (Å²) < 4.78 is 5.34. The molecular formula is C18H34N2O2. The Morgan fingerprint density at radius 1 is 1.45 bits per heavy atom. The lowest BCUT2D eigenvalue weighted by molar-refractivity contribution is 0.0297. The summed E-state index contributed by atoms with van der Waals surface area (Å²) in [5.41, 5.74) is 1.10. The highest BCUT2D eigenvalue weighted by Gasteiger charge is 2.19. The van der Waals surface area contributed by atoms with Crippen molar-refractivity contribution in [2.75, 3.05) is 26.7 Å². The molecule has 1 aliphatic rings. The van der Waals surface area contributed by atoms with Crippen LogP contribution in [0.25, 0.3) is 0 Å². The third kappa shape index (κ3) is 7.83. The van der Waals surface area contributed by atoms with Gasteiger partial charge in [-0.3, -0.25) is 0 Å². The van der Waals surface area contributed by atoms with E-state index in [1.807, 2.05) is 20.8 Å². The number of nitrogens with one attached hydrogen (secondary N) is 1. The summed E-state index contributed by atoms with van der Waals surface area (Å²) >= 11 is 0. The van der Waals surface area contributed by atoms with Crippen LogP contribution in [-0.4, -0.2) is 43.3 Å². The molecular weight excluding hydrogens is 276 g/mol. The minimum Gasteiger partial charge on any atom is -0.444 e. The molecule has 0 bridgehead atoms. The quantitative estimate of drug-likeness (QED) is 0.599. The Balaban J connectivity index is 2.13. The Morgan fingerprint density at radius 2 is 2.14 bits per heavy atom. The highest BCUT2D eigenvalue weighted by molar-refractivity contribution is 5.67. The van der Waals surface area contributed by atoms with Gasteiger partial charge in [-0.25, -0.2) is 4.79 Å². The summed E-state index contributed by atoms with van der Waals surface area (Å²) in [5.74, 6) is 1.46. The molecule has 22 heavy (non-hydrogen) atoms. The molecule has 0 aromatic heterocycles. The van der Waals surface area contributed by atoms with Crippen LogP contribution in [0.5, 0.6) is 0 Å². The van der Waals surface area contributed by atoms with Crippen LogP contribution in [0.1, 0.15) is 53.9 Å². The van der Waals surface area contributed by atoms with Gasteiger partial charge in [0.05, 0.1) is 0 Å². The van der Waals surface area contributed by atoms with E-state index in [0.717, 1.165) is 32.0 Å². The van der Waals surface area contributed by atoms with Crippen molar-refractivity contribution in [1.29, 1.82) is 0 Å². The van der Waals surface area contributed by atoms with E-state index < -0.39 is 5.60 Å². The van der Waals surface area contributed by atoms with E-state index in [4.69, 9.17) is 4.74 Å². The number of carbonyl (C=O) groups is 1. The summed E-state index contributed by atoms with van der Waals surface area (Å²) in [5, 5.41) is 3.53. The van der Waals surface area contributed by atoms with Crippen LogP contribution >= 0.6 is 0 Å². The summed E-state index contributed by atoms with van der Waals surface area (Å²) in [6, 6.07) is 0. The highest BCUT2D eigenvalue weighted by atomic mass is 16.6. The smallest absolute Gasteiger partial charge is 0.410 e.